The molecule has 0 aliphatic heterocycles. The van der Waals surface area contributed by atoms with Crippen molar-refractivity contribution >= 4 is 120 Å². The Morgan fingerprint density at radius 3 is 1.38 bits per heavy atom. The highest BCUT2D eigenvalue weighted by atomic mass is 16.5. The highest BCUT2D eigenvalue weighted by Crippen LogP contribution is 2.30. The van der Waals surface area contributed by atoms with E-state index in [0.29, 0.717) is 68.1 Å². The molecule has 0 atom stereocenters. The second-order valence-corrected chi connectivity index (χ2v) is 26.6. The van der Waals surface area contributed by atoms with Gasteiger partial charge in [-0.2, -0.15) is 0 Å². The molecule has 10 N–H and O–H groups in total. The van der Waals surface area contributed by atoms with Crippen LogP contribution in [0.2, 0.25) is 0 Å². The molecule has 0 aliphatic carbocycles. The first kappa shape index (κ1) is 69.4. The minimum atomic E-state index is -0.424. The van der Waals surface area contributed by atoms with Gasteiger partial charge >= 0.3 is 0 Å². The Kier molecular flexibility index (Phi) is 21.1. The number of methoxy groups -OCH3 is 1. The number of phenols is 1. The number of pyridine rings is 3. The monoisotopic (exact) mass is 1280 g/mol. The summed E-state index contributed by atoms with van der Waals surface area (Å²) >= 11 is 0. The number of allylic oxidation sites excluding steroid dienone is 3. The van der Waals surface area contributed by atoms with Gasteiger partial charge in [0.1, 0.15) is 22.6 Å². The number of rotatable bonds is 13. The average Bonchev–Trinajstić information content (AvgIpc) is 2.17. The molecule has 7 aromatic heterocycles. The van der Waals surface area contributed by atoms with Crippen molar-refractivity contribution in [1.29, 1.82) is 0 Å². The standard InChI is InChI=1S/C21H22N4O2.C21H21N3O3.C18H18N2O2.C15H18N2O2/c1-21(2,3)18(26)9-8-16-10-14-11-17(12-23-19(14)24-16)25-20(27)13-4-6-15(22)7-5-13;1-21(2,3)18(26)9-6-15-10-14-11-16(12-22-19(14)23-15)24-20(27)13-4-7-17(25)8-5-13;1-18(2,3)16(21)12-6-9-14-15(10-12)22-17(20-14)11-4-7-13(19)8-5-11;1-15(2,3)13(18)6-5-11-7-10-8-14(19-4)16-9-12(10)17-11/h4-12H,22H2,1-3H3,(H,23,24)(H,25,27);4-12,25H,1-3H3,(H,22,23)(H,24,27);4-10H,19H2,1-3H3;5-9,17H,1-4H3/b9-8+;9-6+;;6-5+. The van der Waals surface area contributed by atoms with Crippen LogP contribution in [0, 0.1) is 21.7 Å². The van der Waals surface area contributed by atoms with Gasteiger partial charge in [-0.3, -0.25) is 28.8 Å². The largest absolute Gasteiger partial charge is 0.508 e. The predicted octanol–water partition coefficient (Wildman–Crippen LogP) is 15.7. The minimum Gasteiger partial charge on any atom is -0.508 e. The number of ether oxygens (including phenoxy) is 1. The van der Waals surface area contributed by atoms with E-state index in [0.717, 1.165) is 49.8 Å². The summed E-state index contributed by atoms with van der Waals surface area (Å²) < 4.78 is 10.9. The molecule has 0 aliphatic rings. The number of nitrogens with one attached hydrogen (secondary N) is 5. The van der Waals surface area contributed by atoms with Crippen LogP contribution in [0.3, 0.4) is 0 Å². The van der Waals surface area contributed by atoms with Crippen molar-refractivity contribution in [2.24, 2.45) is 21.7 Å². The van der Waals surface area contributed by atoms with E-state index in [1.165, 1.54) is 12.1 Å². The van der Waals surface area contributed by atoms with E-state index in [9.17, 15) is 33.9 Å². The fraction of sp³-hybridized carbons (Fsp3) is 0.227. The van der Waals surface area contributed by atoms with E-state index < -0.39 is 16.2 Å². The van der Waals surface area contributed by atoms with Crippen molar-refractivity contribution in [1.82, 2.24) is 34.9 Å². The Hall–Kier alpha value is -11.5. The van der Waals surface area contributed by atoms with Gasteiger partial charge in [-0.1, -0.05) is 83.1 Å². The number of carbonyl (C=O) groups excluding carboxylic acids is 6. The summed E-state index contributed by atoms with van der Waals surface area (Å²) in [4.78, 5) is 99.4. The zero-order valence-corrected chi connectivity index (χ0v) is 55.5. The third kappa shape index (κ3) is 19.0. The fourth-order valence-electron chi connectivity index (χ4n) is 8.77. The molecule has 2 amide bonds. The normalized spacial score (nSPS) is 11.9. The van der Waals surface area contributed by atoms with Crippen molar-refractivity contribution in [2.45, 2.75) is 83.1 Å². The summed E-state index contributed by atoms with van der Waals surface area (Å²) in [5.74, 6) is 0.948. The van der Waals surface area contributed by atoms with Crippen molar-refractivity contribution in [2.75, 3.05) is 29.2 Å². The summed E-state index contributed by atoms with van der Waals surface area (Å²) in [5.41, 5.74) is 20.6. The number of aromatic hydroxyl groups is 1. The van der Waals surface area contributed by atoms with Crippen LogP contribution in [0.4, 0.5) is 22.7 Å². The van der Waals surface area contributed by atoms with E-state index in [2.05, 4.69) is 45.5 Å². The number of carbonyl (C=O) groups is 6. The smallest absolute Gasteiger partial charge is 0.255 e. The van der Waals surface area contributed by atoms with E-state index in [1.807, 2.05) is 132 Å². The molecule has 95 heavy (non-hydrogen) atoms. The molecule has 0 saturated carbocycles. The van der Waals surface area contributed by atoms with Crippen LogP contribution < -0.4 is 26.8 Å². The van der Waals surface area contributed by atoms with Gasteiger partial charge in [0.25, 0.3) is 11.8 Å². The van der Waals surface area contributed by atoms with E-state index in [1.54, 1.807) is 129 Å². The van der Waals surface area contributed by atoms with E-state index in [-0.39, 0.29) is 46.1 Å². The van der Waals surface area contributed by atoms with Crippen LogP contribution in [0.25, 0.3) is 73.8 Å². The van der Waals surface area contributed by atoms with Crippen LogP contribution in [-0.2, 0) is 14.4 Å². The Labute approximate surface area is 550 Å². The number of Topliss-reactive ketones (excluding diaryl/α,β-unsaturated/α-hetero) is 1. The molecular formula is C75H79N11O9. The van der Waals surface area contributed by atoms with Crippen molar-refractivity contribution in [3.8, 4) is 23.1 Å². The van der Waals surface area contributed by atoms with Gasteiger partial charge in [0, 0.05) is 94.6 Å². The molecule has 0 bridgehead atoms. The molecule has 0 saturated heterocycles. The molecule has 7 heterocycles. The minimum absolute atomic E-state index is 0.0379. The maximum Gasteiger partial charge on any atom is 0.255 e. The Bertz CT molecular complexity index is 4540. The van der Waals surface area contributed by atoms with Gasteiger partial charge in [-0.05, 0) is 158 Å². The number of aromatic nitrogens is 7. The number of nitrogen functional groups attached to an aromatic ring is 2. The highest BCUT2D eigenvalue weighted by molar-refractivity contribution is 6.07. The van der Waals surface area contributed by atoms with Crippen LogP contribution in [0.1, 0.15) is 131 Å². The number of aromatic amines is 3. The lowest BCUT2D eigenvalue weighted by molar-refractivity contribution is -0.122. The summed E-state index contributed by atoms with van der Waals surface area (Å²) in [7, 11) is 1.59. The molecule has 11 aromatic rings. The summed E-state index contributed by atoms with van der Waals surface area (Å²) in [5, 5.41) is 17.6. The number of phenolic OH excluding ortho intramolecular Hbond substituents is 1. The Morgan fingerprint density at radius 1 is 0.495 bits per heavy atom. The fourth-order valence-corrected chi connectivity index (χ4v) is 8.77. The number of nitrogens with zero attached hydrogens (tertiary/aromatic N) is 4. The number of fused-ring (bicyclic) bond motifs is 4. The summed E-state index contributed by atoms with van der Waals surface area (Å²) in [6.07, 6.45) is 14.8. The lowest BCUT2D eigenvalue weighted by atomic mass is 9.86. The maximum absolute atomic E-state index is 12.3. The first-order valence-electron chi connectivity index (χ1n) is 30.5. The molecule has 0 spiro atoms. The lowest BCUT2D eigenvalue weighted by Crippen LogP contribution is -2.19. The molecule has 4 aromatic carbocycles. The van der Waals surface area contributed by atoms with Gasteiger partial charge in [0.2, 0.25) is 11.8 Å². The van der Waals surface area contributed by atoms with Gasteiger partial charge < -0.3 is 51.3 Å². The van der Waals surface area contributed by atoms with E-state index in [4.69, 9.17) is 20.6 Å². The zero-order valence-electron chi connectivity index (χ0n) is 55.5. The number of hydrogen-bond acceptors (Lipinski definition) is 15. The first-order chi connectivity index (χ1) is 44.7. The number of amides is 2. The van der Waals surface area contributed by atoms with Crippen LogP contribution in [0.15, 0.2) is 169 Å². The molecule has 20 nitrogen and oxygen atoms in total. The lowest BCUT2D eigenvalue weighted by Gasteiger charge is -2.16. The quantitative estimate of drug-likeness (QED) is 0.0302. The van der Waals surface area contributed by atoms with Crippen molar-refractivity contribution in [3.63, 3.8) is 0 Å². The first-order valence-corrected chi connectivity index (χ1v) is 30.5. The molecule has 488 valence electrons. The molecule has 11 rings (SSSR count). The molecule has 0 radical (unpaired) electrons. The van der Waals surface area contributed by atoms with Crippen molar-refractivity contribution in [3.05, 3.63) is 198 Å². The SMILES string of the molecule is CC(C)(C)C(=O)/C=C/c1cc2cc(NC(=O)c3ccc(N)cc3)cnc2[nH]1.CC(C)(C)C(=O)/C=C/c1cc2cc(NC(=O)c3ccc(O)cc3)cnc2[nH]1.CC(C)(C)C(=O)c1ccc2nc(-c3ccc(N)cc3)oc2c1.COc1cc2cc(/C=C/C(=O)C(C)(C)C)[nH]c2cn1. The van der Waals surface area contributed by atoms with Crippen LogP contribution in [0.5, 0.6) is 11.6 Å². The van der Waals surface area contributed by atoms with Gasteiger partial charge in [0.15, 0.2) is 28.7 Å². The molecule has 0 fully saturated rings. The number of nitrogens with two attached hydrogens (primary N) is 2. The van der Waals surface area contributed by atoms with Crippen LogP contribution >= 0.6 is 0 Å². The summed E-state index contributed by atoms with van der Waals surface area (Å²) in [6, 6.07) is 36.6. The Morgan fingerprint density at radius 2 is 0.926 bits per heavy atom. The molecular weight excluding hydrogens is 1200 g/mol. The number of anilines is 4. The van der Waals surface area contributed by atoms with Gasteiger partial charge in [-0.15, -0.1) is 0 Å². The zero-order chi connectivity index (χ0) is 69.2. The molecule has 20 heteroatoms. The van der Waals surface area contributed by atoms with E-state index >= 15 is 0 Å². The van der Waals surface area contributed by atoms with Crippen molar-refractivity contribution < 1.29 is 43.0 Å². The second kappa shape index (κ2) is 29.0. The highest BCUT2D eigenvalue weighted by Gasteiger charge is 2.25. The average molecular weight is 1280 g/mol. The third-order valence-electron chi connectivity index (χ3n) is 14.5. The molecule has 0 unspecified atom stereocenters. The third-order valence-corrected chi connectivity index (χ3v) is 14.5. The number of hydrogen-bond donors (Lipinski definition) is 8. The number of benzene rings is 4. The number of ketones is 4. The Balaban J connectivity index is 0.000000164. The predicted molar refractivity (Wildman–Crippen MR) is 378 cm³/mol. The number of oxazole rings is 1. The topological polar surface area (TPSA) is 320 Å². The summed E-state index contributed by atoms with van der Waals surface area (Å²) in [6.45, 7) is 22.7. The maximum atomic E-state index is 12.3. The van der Waals surface area contributed by atoms with Crippen LogP contribution in [-0.4, -0.2) is 82.1 Å². The van der Waals surface area contributed by atoms with Gasteiger partial charge in [-0.25, -0.2) is 19.9 Å². The second-order valence-electron chi connectivity index (χ2n) is 26.6. The van der Waals surface area contributed by atoms with Gasteiger partial charge in [0.05, 0.1) is 42.6 Å². The number of H-pyrrole nitrogens is 3.